The van der Waals surface area contributed by atoms with Crippen molar-refractivity contribution < 1.29 is 4.79 Å². The molecule has 1 heterocycles. The van der Waals surface area contributed by atoms with Gasteiger partial charge < -0.3 is 10.6 Å². The maximum absolute atomic E-state index is 12.4. The van der Waals surface area contributed by atoms with Crippen molar-refractivity contribution in [1.82, 2.24) is 4.90 Å². The number of hydrogen-bond acceptors (Lipinski definition) is 3. The van der Waals surface area contributed by atoms with E-state index in [1.165, 1.54) is 11.3 Å². The highest BCUT2D eigenvalue weighted by atomic mass is 32.1. The maximum atomic E-state index is 12.4. The number of nitrogens with two attached hydrogens (primary N) is 1. The van der Waals surface area contributed by atoms with Crippen LogP contribution in [0.5, 0.6) is 0 Å². The molecule has 0 saturated heterocycles. The van der Waals surface area contributed by atoms with Gasteiger partial charge in [0.1, 0.15) is 0 Å². The Morgan fingerprint density at radius 3 is 2.39 bits per heavy atom. The van der Waals surface area contributed by atoms with Crippen LogP contribution in [0.15, 0.2) is 6.07 Å². The van der Waals surface area contributed by atoms with Crippen LogP contribution in [-0.2, 0) is 0 Å². The Balaban J connectivity index is 2.79. The summed E-state index contributed by atoms with van der Waals surface area (Å²) < 4.78 is 0. The Hall–Kier alpha value is -1.03. The van der Waals surface area contributed by atoms with Crippen LogP contribution >= 0.6 is 11.3 Å². The summed E-state index contributed by atoms with van der Waals surface area (Å²) in [4.78, 5) is 16.1. The molecule has 18 heavy (non-hydrogen) atoms. The predicted molar refractivity (Wildman–Crippen MR) is 79.1 cm³/mol. The highest BCUT2D eigenvalue weighted by Gasteiger charge is 2.19. The van der Waals surface area contributed by atoms with Gasteiger partial charge in [-0.25, -0.2) is 0 Å². The van der Waals surface area contributed by atoms with Gasteiger partial charge in [-0.15, -0.1) is 11.3 Å². The second-order valence-corrected chi connectivity index (χ2v) is 5.90. The Kier molecular flexibility index (Phi) is 5.66. The lowest BCUT2D eigenvalue weighted by Crippen LogP contribution is -2.34. The van der Waals surface area contributed by atoms with Gasteiger partial charge in [0.15, 0.2) is 0 Å². The fourth-order valence-electron chi connectivity index (χ4n) is 1.97. The largest absolute Gasteiger partial charge is 0.398 e. The van der Waals surface area contributed by atoms with Crippen LogP contribution in [0, 0.1) is 12.8 Å². The number of aryl methyl sites for hydroxylation is 1. The van der Waals surface area contributed by atoms with Crippen LogP contribution in [-0.4, -0.2) is 23.9 Å². The molecule has 102 valence electrons. The summed E-state index contributed by atoms with van der Waals surface area (Å²) in [6.07, 6.45) is 2.23. The summed E-state index contributed by atoms with van der Waals surface area (Å²) in [5, 5.41) is 0. The monoisotopic (exact) mass is 268 g/mol. The average molecular weight is 268 g/mol. The van der Waals surface area contributed by atoms with Crippen molar-refractivity contribution in [2.45, 2.75) is 40.5 Å². The van der Waals surface area contributed by atoms with Crippen LogP contribution in [0.3, 0.4) is 0 Å². The zero-order valence-electron chi connectivity index (χ0n) is 11.8. The van der Waals surface area contributed by atoms with Gasteiger partial charge in [-0.1, -0.05) is 26.7 Å². The lowest BCUT2D eigenvalue weighted by atomic mass is 10.0. The third-order valence-electron chi connectivity index (χ3n) is 3.47. The number of nitrogens with zero attached hydrogens (tertiary/aromatic N) is 1. The average Bonchev–Trinajstić information content (AvgIpc) is 2.70. The van der Waals surface area contributed by atoms with Crippen LogP contribution in [0.4, 0.5) is 5.69 Å². The Bertz CT molecular complexity index is 377. The molecule has 1 aromatic heterocycles. The van der Waals surface area contributed by atoms with E-state index in [-0.39, 0.29) is 5.91 Å². The Labute approximate surface area is 114 Å². The van der Waals surface area contributed by atoms with Crippen molar-refractivity contribution in [2.24, 2.45) is 5.92 Å². The fraction of sp³-hybridized carbons (Fsp3) is 0.643. The van der Waals surface area contributed by atoms with Crippen molar-refractivity contribution >= 4 is 22.9 Å². The van der Waals surface area contributed by atoms with Gasteiger partial charge in [-0.2, -0.15) is 0 Å². The normalized spacial score (nSPS) is 10.9. The molecular weight excluding hydrogens is 244 g/mol. The van der Waals surface area contributed by atoms with Gasteiger partial charge in [0.05, 0.1) is 4.88 Å². The summed E-state index contributed by atoms with van der Waals surface area (Å²) >= 11 is 1.49. The molecule has 0 atom stereocenters. The number of hydrogen-bond donors (Lipinski definition) is 1. The first-order valence-electron chi connectivity index (χ1n) is 6.68. The first kappa shape index (κ1) is 15.0. The molecule has 0 saturated carbocycles. The van der Waals surface area contributed by atoms with Crippen LogP contribution in [0.1, 0.15) is 48.2 Å². The molecule has 1 rings (SSSR count). The lowest BCUT2D eigenvalue weighted by molar-refractivity contribution is 0.0740. The molecule has 4 heteroatoms. The number of thiophene rings is 1. The molecule has 1 aromatic rings. The van der Waals surface area contributed by atoms with E-state index in [1.54, 1.807) is 6.07 Å². The topological polar surface area (TPSA) is 46.3 Å². The molecule has 0 fully saturated rings. The van der Waals surface area contributed by atoms with Gasteiger partial charge in [0.2, 0.25) is 0 Å². The van der Waals surface area contributed by atoms with Crippen LogP contribution in [0.2, 0.25) is 0 Å². The first-order valence-corrected chi connectivity index (χ1v) is 7.50. The smallest absolute Gasteiger partial charge is 0.264 e. The first-order chi connectivity index (χ1) is 8.53. The van der Waals surface area contributed by atoms with Gasteiger partial charge in [-0.05, 0) is 25.8 Å². The number of rotatable bonds is 6. The summed E-state index contributed by atoms with van der Waals surface area (Å²) in [5.41, 5.74) is 6.54. The van der Waals surface area contributed by atoms with Crippen molar-refractivity contribution in [3.05, 3.63) is 15.8 Å². The van der Waals surface area contributed by atoms with Gasteiger partial charge in [0, 0.05) is 23.7 Å². The molecule has 0 bridgehead atoms. The molecule has 0 radical (unpaired) electrons. The van der Waals surface area contributed by atoms with Crippen molar-refractivity contribution in [3.63, 3.8) is 0 Å². The fourth-order valence-corrected chi connectivity index (χ4v) is 2.88. The quantitative estimate of drug-likeness (QED) is 0.857. The molecular formula is C14H24N2OS. The standard InChI is InChI=1S/C14H24N2OS/c1-5-11(6-2)9-16(7-3)14(17)13-8-12(15)10(4)18-13/h8,11H,5-7,9,15H2,1-4H3. The van der Waals surface area contributed by atoms with E-state index in [0.29, 0.717) is 5.92 Å². The minimum Gasteiger partial charge on any atom is -0.398 e. The molecule has 0 unspecified atom stereocenters. The van der Waals surface area contributed by atoms with Gasteiger partial charge >= 0.3 is 0 Å². The van der Waals surface area contributed by atoms with E-state index in [1.807, 2.05) is 18.7 Å². The minimum absolute atomic E-state index is 0.120. The Morgan fingerprint density at radius 2 is 2.00 bits per heavy atom. The number of carbonyl (C=O) groups is 1. The zero-order chi connectivity index (χ0) is 13.7. The Morgan fingerprint density at radius 1 is 1.39 bits per heavy atom. The lowest BCUT2D eigenvalue weighted by Gasteiger charge is -2.24. The maximum Gasteiger partial charge on any atom is 0.264 e. The van der Waals surface area contributed by atoms with E-state index in [9.17, 15) is 4.79 Å². The predicted octanol–water partition coefficient (Wildman–Crippen LogP) is 3.54. The van der Waals surface area contributed by atoms with E-state index in [2.05, 4.69) is 13.8 Å². The highest BCUT2D eigenvalue weighted by Crippen LogP contribution is 2.25. The number of nitrogen functional groups attached to an aromatic ring is 1. The summed E-state index contributed by atoms with van der Waals surface area (Å²) in [6, 6.07) is 1.80. The molecule has 0 aromatic carbocycles. The summed E-state index contributed by atoms with van der Waals surface area (Å²) in [5.74, 6) is 0.710. The molecule has 0 aliphatic carbocycles. The second kappa shape index (κ2) is 6.78. The summed E-state index contributed by atoms with van der Waals surface area (Å²) in [6.45, 7) is 9.95. The van der Waals surface area contributed by atoms with Crippen molar-refractivity contribution in [1.29, 1.82) is 0 Å². The van der Waals surface area contributed by atoms with Crippen molar-refractivity contribution in [3.8, 4) is 0 Å². The number of anilines is 1. The highest BCUT2D eigenvalue weighted by molar-refractivity contribution is 7.14. The third kappa shape index (κ3) is 3.48. The van der Waals surface area contributed by atoms with E-state index in [0.717, 1.165) is 41.4 Å². The van der Waals surface area contributed by atoms with E-state index in [4.69, 9.17) is 5.73 Å². The molecule has 1 amide bonds. The van der Waals surface area contributed by atoms with Crippen LogP contribution < -0.4 is 5.73 Å². The molecule has 0 aliphatic rings. The molecule has 2 N–H and O–H groups in total. The minimum atomic E-state index is 0.120. The SMILES string of the molecule is CCC(CC)CN(CC)C(=O)c1cc(N)c(C)s1. The second-order valence-electron chi connectivity index (χ2n) is 4.65. The van der Waals surface area contributed by atoms with E-state index >= 15 is 0 Å². The van der Waals surface area contributed by atoms with Gasteiger partial charge in [-0.3, -0.25) is 4.79 Å². The van der Waals surface area contributed by atoms with Gasteiger partial charge in [0.25, 0.3) is 5.91 Å². The number of amides is 1. The number of carbonyl (C=O) groups excluding carboxylic acids is 1. The molecule has 3 nitrogen and oxygen atoms in total. The van der Waals surface area contributed by atoms with Crippen molar-refractivity contribution in [2.75, 3.05) is 18.8 Å². The molecule has 0 aliphatic heterocycles. The summed E-state index contributed by atoms with van der Waals surface area (Å²) in [7, 11) is 0. The third-order valence-corrected chi connectivity index (χ3v) is 4.52. The molecule has 0 spiro atoms. The van der Waals surface area contributed by atoms with E-state index < -0.39 is 0 Å². The zero-order valence-corrected chi connectivity index (χ0v) is 12.6. The van der Waals surface area contributed by atoms with Crippen LogP contribution in [0.25, 0.3) is 0 Å².